The van der Waals surface area contributed by atoms with Gasteiger partial charge in [0.2, 0.25) is 0 Å². The smallest absolute Gasteiger partial charge is 0.376 e. The van der Waals surface area contributed by atoms with E-state index in [2.05, 4.69) is 4.18 Å². The fraction of sp³-hybridized carbons (Fsp3) is 0.333. The molecule has 6 nitrogen and oxygen atoms in total. The minimum Gasteiger partial charge on any atom is -0.376 e. The summed E-state index contributed by atoms with van der Waals surface area (Å²) in [6.45, 7) is 1.67. The molecular weight excluding hydrogens is 454 g/mol. The average Bonchev–Trinajstić information content (AvgIpc) is 2.44. The summed E-state index contributed by atoms with van der Waals surface area (Å²) in [4.78, 5) is 9.95. The van der Waals surface area contributed by atoms with E-state index in [9.17, 15) is 31.7 Å². The van der Waals surface area contributed by atoms with E-state index in [4.69, 9.17) is 0 Å². The van der Waals surface area contributed by atoms with Crippen LogP contribution in [0.3, 0.4) is 0 Å². The van der Waals surface area contributed by atoms with E-state index in [1.54, 1.807) is 6.92 Å². The number of rotatable bonds is 7. The van der Waals surface area contributed by atoms with E-state index in [1.807, 2.05) is 0 Å². The lowest BCUT2D eigenvalue weighted by Gasteiger charge is -2.09. The second-order valence-electron chi connectivity index (χ2n) is 4.15. The van der Waals surface area contributed by atoms with Crippen LogP contribution in [0.15, 0.2) is 34.1 Å². The third-order valence-electron chi connectivity index (χ3n) is 2.34. The molecule has 0 aliphatic rings. The zero-order chi connectivity index (χ0) is 17.7. The fourth-order valence-corrected chi connectivity index (χ4v) is 3.91. The van der Waals surface area contributed by atoms with Gasteiger partial charge in [0.25, 0.3) is 5.69 Å². The number of benzene rings is 1. The molecule has 0 fully saturated rings. The number of nitrogens with zero attached hydrogens (tertiary/aromatic N) is 1. The molecule has 0 spiro atoms. The summed E-state index contributed by atoms with van der Waals surface area (Å²) in [6.07, 6.45) is 0.450. The van der Waals surface area contributed by atoms with E-state index in [0.717, 1.165) is 0 Å². The molecule has 128 valence electrons. The maximum absolute atomic E-state index is 12.3. The lowest BCUT2D eigenvalue weighted by molar-refractivity contribution is -0.558. The van der Waals surface area contributed by atoms with Crippen LogP contribution in [0.2, 0.25) is 0 Å². The molecule has 0 aliphatic heterocycles. The van der Waals surface area contributed by atoms with Crippen molar-refractivity contribution in [2.75, 3.05) is 0 Å². The molecule has 11 heteroatoms. The number of nitro benzene ring substituents is 1. The molecule has 0 saturated heterocycles. The normalized spacial score (nSPS) is 13.0. The first-order chi connectivity index (χ1) is 10.6. The number of allylic oxidation sites excluding steroid dienone is 1. The van der Waals surface area contributed by atoms with Crippen molar-refractivity contribution >= 4 is 15.8 Å². The first-order valence-corrected chi connectivity index (χ1v) is 9.87. The molecular formula is C12H12F3INO5S+. The van der Waals surface area contributed by atoms with Gasteiger partial charge in [0.05, 0.1) is 4.92 Å². The van der Waals surface area contributed by atoms with Gasteiger partial charge >= 0.3 is 36.8 Å². The lowest BCUT2D eigenvalue weighted by atomic mass is 10.3. The Morgan fingerprint density at radius 1 is 1.35 bits per heavy atom. The van der Waals surface area contributed by atoms with Crippen molar-refractivity contribution in [3.63, 3.8) is 0 Å². The number of hydrogen-bond donors (Lipinski definition) is 0. The molecule has 0 heterocycles. The zero-order valence-corrected chi connectivity index (χ0v) is 14.7. The van der Waals surface area contributed by atoms with Gasteiger partial charge in [-0.15, -0.1) is 0 Å². The Morgan fingerprint density at radius 2 is 1.91 bits per heavy atom. The van der Waals surface area contributed by atoms with Crippen LogP contribution >= 0.6 is 0 Å². The largest absolute Gasteiger partial charge is 0.534 e. The third-order valence-corrected chi connectivity index (χ3v) is 5.78. The van der Waals surface area contributed by atoms with Gasteiger partial charge in [-0.05, 0) is 18.6 Å². The van der Waals surface area contributed by atoms with Crippen LogP contribution in [0.5, 0.6) is 0 Å². The van der Waals surface area contributed by atoms with E-state index >= 15 is 0 Å². The Hall–Kier alpha value is -1.37. The molecule has 1 aromatic rings. The van der Waals surface area contributed by atoms with Crippen LogP contribution in [0.25, 0.3) is 0 Å². The summed E-state index contributed by atoms with van der Waals surface area (Å²) >= 11 is -0.991. The van der Waals surface area contributed by atoms with Crippen molar-refractivity contribution in [2.24, 2.45) is 0 Å². The Bertz CT molecular complexity index is 686. The predicted molar refractivity (Wildman–Crippen MR) is 70.8 cm³/mol. The molecule has 1 aromatic carbocycles. The third kappa shape index (κ3) is 5.97. The number of halogens is 4. The average molecular weight is 466 g/mol. The number of nitro groups is 1. The quantitative estimate of drug-likeness (QED) is 0.145. The molecule has 0 amide bonds. The molecule has 0 radical (unpaired) electrons. The summed E-state index contributed by atoms with van der Waals surface area (Å²) in [5.41, 5.74) is -5.59. The van der Waals surface area contributed by atoms with Gasteiger partial charge in [0.1, 0.15) is 0 Å². The van der Waals surface area contributed by atoms with Gasteiger partial charge in [-0.3, -0.25) is 10.1 Å². The van der Waals surface area contributed by atoms with Crippen LogP contribution in [0.1, 0.15) is 19.8 Å². The van der Waals surface area contributed by atoms with Crippen molar-refractivity contribution in [3.8, 4) is 0 Å². The van der Waals surface area contributed by atoms with E-state index in [1.165, 1.54) is 28.3 Å². The number of alkyl halides is 3. The van der Waals surface area contributed by atoms with Gasteiger partial charge in [-0.1, -0.05) is 6.92 Å². The van der Waals surface area contributed by atoms with Gasteiger partial charge in [-0.2, -0.15) is 21.6 Å². The van der Waals surface area contributed by atoms with Crippen molar-refractivity contribution in [2.45, 2.75) is 25.3 Å². The molecule has 1 rings (SSSR count). The molecule has 0 bridgehead atoms. The highest BCUT2D eigenvalue weighted by atomic mass is 127. The van der Waals surface area contributed by atoms with Gasteiger partial charge in [-0.25, -0.2) is 0 Å². The zero-order valence-electron chi connectivity index (χ0n) is 11.7. The molecule has 0 aliphatic carbocycles. The van der Waals surface area contributed by atoms with Crippen molar-refractivity contribution in [1.29, 1.82) is 0 Å². The Balaban J connectivity index is 2.89. The highest BCUT2D eigenvalue weighted by molar-refractivity contribution is 7.87. The van der Waals surface area contributed by atoms with Gasteiger partial charge in [0.15, 0.2) is 13.4 Å². The molecule has 0 saturated carbocycles. The highest BCUT2D eigenvalue weighted by Gasteiger charge is 2.49. The fourth-order valence-electron chi connectivity index (χ4n) is 1.31. The maximum atomic E-state index is 12.3. The van der Waals surface area contributed by atoms with E-state index < -0.39 is 41.8 Å². The lowest BCUT2D eigenvalue weighted by Crippen LogP contribution is -3.59. The van der Waals surface area contributed by atoms with Crippen LogP contribution in [-0.2, 0) is 14.3 Å². The molecule has 0 atom stereocenters. The second kappa shape index (κ2) is 7.95. The standard InChI is InChI=1S/C12H12F3INO5S/c1-2-3-11(22-23(20,21)12(13,14)15)8-16-9-4-6-10(7-5-9)17(18)19/h4-8H,2-3H2,1H3/q+1/b11-8+. The maximum Gasteiger partial charge on any atom is 0.534 e. The van der Waals surface area contributed by atoms with Crippen molar-refractivity contribution in [3.05, 3.63) is 47.8 Å². The summed E-state index contributed by atoms with van der Waals surface area (Å²) in [6, 6.07) is 5.50. The van der Waals surface area contributed by atoms with Crippen LogP contribution < -0.4 is 21.2 Å². The minimum atomic E-state index is -5.68. The minimum absolute atomic E-state index is 0.0437. The monoisotopic (exact) mass is 466 g/mol. The SMILES string of the molecule is CCC/C(=C\[I+]c1ccc([N+](=O)[O-])cc1)OS(=O)(=O)C(F)(F)F. The van der Waals surface area contributed by atoms with Crippen LogP contribution in [-0.4, -0.2) is 18.8 Å². The van der Waals surface area contributed by atoms with E-state index in [0.29, 0.717) is 9.99 Å². The molecule has 0 aromatic heterocycles. The van der Waals surface area contributed by atoms with Crippen molar-refractivity contribution < 1.29 is 51.9 Å². The van der Waals surface area contributed by atoms with E-state index in [-0.39, 0.29) is 17.9 Å². The second-order valence-corrected chi connectivity index (χ2v) is 8.18. The predicted octanol–water partition coefficient (Wildman–Crippen LogP) is 0.361. The molecule has 0 unspecified atom stereocenters. The first kappa shape index (κ1) is 19.7. The Morgan fingerprint density at radius 3 is 2.35 bits per heavy atom. The summed E-state index contributed by atoms with van der Waals surface area (Å²) in [7, 11) is -5.68. The van der Waals surface area contributed by atoms with Crippen LogP contribution in [0, 0.1) is 13.7 Å². The van der Waals surface area contributed by atoms with Crippen molar-refractivity contribution in [1.82, 2.24) is 0 Å². The molecule has 23 heavy (non-hydrogen) atoms. The Labute approximate surface area is 140 Å². The highest BCUT2D eigenvalue weighted by Crippen LogP contribution is 2.27. The summed E-state index contributed by atoms with van der Waals surface area (Å²) < 4.78 is 65.2. The summed E-state index contributed by atoms with van der Waals surface area (Å²) in [5.74, 6) is -0.268. The Kier molecular flexibility index (Phi) is 6.80. The summed E-state index contributed by atoms with van der Waals surface area (Å²) in [5, 5.41) is 10.5. The van der Waals surface area contributed by atoms with Gasteiger partial charge < -0.3 is 4.18 Å². The van der Waals surface area contributed by atoms with Gasteiger partial charge in [0, 0.05) is 18.6 Å². The number of hydrogen-bond acceptors (Lipinski definition) is 5. The van der Waals surface area contributed by atoms with Crippen LogP contribution in [0.4, 0.5) is 18.9 Å². The topological polar surface area (TPSA) is 86.5 Å². The molecule has 0 N–H and O–H groups in total. The number of non-ortho nitro benzene ring substituents is 1. The first-order valence-electron chi connectivity index (χ1n) is 6.14.